The highest BCUT2D eigenvalue weighted by Crippen LogP contribution is 2.53. The third-order valence-corrected chi connectivity index (χ3v) is 4.65. The molecule has 0 fully saturated rings. The molecule has 2 aromatic carbocycles. The lowest BCUT2D eigenvalue weighted by Gasteiger charge is -2.46. The van der Waals surface area contributed by atoms with Gasteiger partial charge in [0.1, 0.15) is 0 Å². The van der Waals surface area contributed by atoms with Crippen molar-refractivity contribution in [1.82, 2.24) is 0 Å². The van der Waals surface area contributed by atoms with Crippen LogP contribution in [0.1, 0.15) is 34.1 Å². The van der Waals surface area contributed by atoms with Gasteiger partial charge in [0.15, 0.2) is 0 Å². The van der Waals surface area contributed by atoms with E-state index in [0.29, 0.717) is 5.02 Å². The summed E-state index contributed by atoms with van der Waals surface area (Å²) < 4.78 is 0. The molecule has 2 bridgehead atoms. The van der Waals surface area contributed by atoms with E-state index in [2.05, 4.69) is 0 Å². The van der Waals surface area contributed by atoms with E-state index in [1.165, 1.54) is 0 Å². The van der Waals surface area contributed by atoms with Crippen LogP contribution in [0.5, 0.6) is 0 Å². The number of aliphatic hydroxyl groups excluding tert-OH is 2. The fourth-order valence-corrected chi connectivity index (χ4v) is 3.82. The quantitative estimate of drug-likeness (QED) is 0.774. The summed E-state index contributed by atoms with van der Waals surface area (Å²) in [6, 6.07) is 13.8. The molecule has 0 saturated carbocycles. The fourth-order valence-electron chi connectivity index (χ4n) is 3.64. The Labute approximate surface area is 116 Å². The second-order valence-electron chi connectivity index (χ2n) is 5.34. The van der Waals surface area contributed by atoms with Gasteiger partial charge in [-0.15, -0.1) is 0 Å². The Balaban J connectivity index is 2.05. The predicted molar refractivity (Wildman–Crippen MR) is 73.6 cm³/mol. The number of hydrogen-bond donors (Lipinski definition) is 2. The lowest BCUT2D eigenvalue weighted by molar-refractivity contribution is -0.0154. The molecule has 0 spiro atoms. The molecule has 2 aromatic rings. The van der Waals surface area contributed by atoms with E-state index in [4.69, 9.17) is 11.6 Å². The average molecular weight is 273 g/mol. The molecule has 3 aliphatic rings. The Morgan fingerprint density at radius 3 is 1.89 bits per heavy atom. The van der Waals surface area contributed by atoms with Crippen LogP contribution in [0.4, 0.5) is 0 Å². The number of fused-ring (bicyclic) bond motifs is 1. The van der Waals surface area contributed by atoms with Gasteiger partial charge in [0, 0.05) is 16.9 Å². The molecule has 3 aliphatic carbocycles. The van der Waals surface area contributed by atoms with Gasteiger partial charge in [-0.25, -0.2) is 0 Å². The molecule has 3 heteroatoms. The van der Waals surface area contributed by atoms with E-state index in [0.717, 1.165) is 22.3 Å². The van der Waals surface area contributed by atoms with Crippen molar-refractivity contribution in [3.63, 3.8) is 0 Å². The van der Waals surface area contributed by atoms with Gasteiger partial charge in [-0.1, -0.05) is 41.9 Å². The van der Waals surface area contributed by atoms with Crippen LogP contribution in [0.3, 0.4) is 0 Å². The third-order valence-electron chi connectivity index (χ3n) is 4.42. The maximum atomic E-state index is 10.4. The van der Waals surface area contributed by atoms with Crippen molar-refractivity contribution in [2.24, 2.45) is 0 Å². The van der Waals surface area contributed by atoms with Crippen LogP contribution in [-0.4, -0.2) is 22.4 Å². The first-order valence-electron chi connectivity index (χ1n) is 6.43. The number of rotatable bonds is 0. The molecule has 0 amide bonds. The summed E-state index contributed by atoms with van der Waals surface area (Å²) in [5.41, 5.74) is 4.38. The first kappa shape index (κ1) is 11.5. The van der Waals surface area contributed by atoms with Crippen LogP contribution >= 0.6 is 11.6 Å². The van der Waals surface area contributed by atoms with Crippen molar-refractivity contribution < 1.29 is 10.2 Å². The molecule has 5 rings (SSSR count). The summed E-state index contributed by atoms with van der Waals surface area (Å²) in [5, 5.41) is 21.4. The second-order valence-corrected chi connectivity index (χ2v) is 5.78. The maximum absolute atomic E-state index is 10.4. The average Bonchev–Trinajstić information content (AvgIpc) is 2.42. The van der Waals surface area contributed by atoms with E-state index in [1.807, 2.05) is 42.5 Å². The molecule has 0 radical (unpaired) electrons. The molecule has 96 valence electrons. The largest absolute Gasteiger partial charge is 0.389 e. The Hall–Kier alpha value is -1.35. The van der Waals surface area contributed by atoms with Crippen molar-refractivity contribution in [3.8, 4) is 0 Å². The van der Waals surface area contributed by atoms with E-state index < -0.39 is 12.2 Å². The lowest BCUT2D eigenvalue weighted by Crippen LogP contribution is -2.47. The molecule has 0 heterocycles. The van der Waals surface area contributed by atoms with E-state index in [-0.39, 0.29) is 11.8 Å². The number of benzene rings is 2. The SMILES string of the molecule is O[C@@H]1[C@H]2c3ccccc3[C@@H](c3cc(Cl)ccc32)[C@H]1O. The summed E-state index contributed by atoms with van der Waals surface area (Å²) in [7, 11) is 0. The van der Waals surface area contributed by atoms with Crippen LogP contribution in [0.15, 0.2) is 42.5 Å². The predicted octanol–water partition coefficient (Wildman–Crippen LogP) is 2.65. The van der Waals surface area contributed by atoms with Crippen LogP contribution in [-0.2, 0) is 0 Å². The second kappa shape index (κ2) is 3.83. The third kappa shape index (κ3) is 1.39. The maximum Gasteiger partial charge on any atom is 0.0917 e. The summed E-state index contributed by atoms with van der Waals surface area (Å²) >= 11 is 6.08. The van der Waals surface area contributed by atoms with Crippen molar-refractivity contribution in [2.75, 3.05) is 0 Å². The number of halogens is 1. The van der Waals surface area contributed by atoms with Gasteiger partial charge >= 0.3 is 0 Å². The van der Waals surface area contributed by atoms with Gasteiger partial charge in [-0.2, -0.15) is 0 Å². The van der Waals surface area contributed by atoms with Gasteiger partial charge < -0.3 is 10.2 Å². The van der Waals surface area contributed by atoms with Gasteiger partial charge in [-0.05, 0) is 34.4 Å². The monoisotopic (exact) mass is 272 g/mol. The van der Waals surface area contributed by atoms with Gasteiger partial charge in [0.05, 0.1) is 12.2 Å². The minimum absolute atomic E-state index is 0.150. The van der Waals surface area contributed by atoms with Crippen LogP contribution in [0, 0.1) is 0 Å². The Morgan fingerprint density at radius 1 is 0.737 bits per heavy atom. The summed E-state index contributed by atoms with van der Waals surface area (Å²) in [4.78, 5) is 0. The van der Waals surface area contributed by atoms with Crippen molar-refractivity contribution in [3.05, 3.63) is 69.7 Å². The van der Waals surface area contributed by atoms with E-state index in [1.54, 1.807) is 0 Å². The van der Waals surface area contributed by atoms with Crippen LogP contribution in [0.2, 0.25) is 5.02 Å². The zero-order valence-electron chi connectivity index (χ0n) is 10.1. The zero-order valence-corrected chi connectivity index (χ0v) is 10.9. The fraction of sp³-hybridized carbons (Fsp3) is 0.250. The van der Waals surface area contributed by atoms with Crippen molar-refractivity contribution in [1.29, 1.82) is 0 Å². The van der Waals surface area contributed by atoms with Crippen LogP contribution < -0.4 is 0 Å². The van der Waals surface area contributed by atoms with Gasteiger partial charge in [0.25, 0.3) is 0 Å². The molecule has 2 nitrogen and oxygen atoms in total. The van der Waals surface area contributed by atoms with Gasteiger partial charge in [-0.3, -0.25) is 0 Å². The zero-order chi connectivity index (χ0) is 13.1. The molecular weight excluding hydrogens is 260 g/mol. The minimum Gasteiger partial charge on any atom is -0.389 e. The smallest absolute Gasteiger partial charge is 0.0917 e. The summed E-state index contributed by atoms with van der Waals surface area (Å²) in [6.07, 6.45) is -1.50. The van der Waals surface area contributed by atoms with Crippen molar-refractivity contribution >= 4 is 11.6 Å². The molecule has 0 aliphatic heterocycles. The first-order chi connectivity index (χ1) is 9.18. The molecule has 2 N–H and O–H groups in total. The molecular formula is C16H13ClO2. The molecule has 0 aromatic heterocycles. The Morgan fingerprint density at radius 2 is 1.26 bits per heavy atom. The highest BCUT2D eigenvalue weighted by atomic mass is 35.5. The Kier molecular flexibility index (Phi) is 2.31. The normalized spacial score (nSPS) is 30.9. The molecule has 19 heavy (non-hydrogen) atoms. The minimum atomic E-state index is -0.758. The van der Waals surface area contributed by atoms with Crippen molar-refractivity contribution in [2.45, 2.75) is 24.0 Å². The van der Waals surface area contributed by atoms with E-state index >= 15 is 0 Å². The number of hydrogen-bond acceptors (Lipinski definition) is 2. The molecule has 0 saturated heterocycles. The standard InChI is InChI=1S/C16H13ClO2/c17-8-5-6-11-12(7-8)14-10-4-2-1-3-9(10)13(11)15(18)16(14)19/h1-7,13-16,18-19H/t13-,14-,15+,16+/m0/s1. The Bertz CT molecular complexity index is 668. The first-order valence-corrected chi connectivity index (χ1v) is 6.80. The van der Waals surface area contributed by atoms with Crippen LogP contribution in [0.25, 0.3) is 0 Å². The number of aliphatic hydroxyl groups is 2. The lowest BCUT2D eigenvalue weighted by atomic mass is 9.61. The van der Waals surface area contributed by atoms with Gasteiger partial charge in [0.2, 0.25) is 0 Å². The molecule has 0 unspecified atom stereocenters. The summed E-state index contributed by atoms with van der Waals surface area (Å²) in [5.74, 6) is -0.326. The topological polar surface area (TPSA) is 40.5 Å². The highest BCUT2D eigenvalue weighted by molar-refractivity contribution is 6.30. The summed E-state index contributed by atoms with van der Waals surface area (Å²) in [6.45, 7) is 0. The van der Waals surface area contributed by atoms with E-state index in [9.17, 15) is 10.2 Å². The highest BCUT2D eigenvalue weighted by Gasteiger charge is 2.48. The molecule has 4 atom stereocenters.